The van der Waals surface area contributed by atoms with E-state index in [0.29, 0.717) is 5.92 Å². The first kappa shape index (κ1) is 6.00. The summed E-state index contributed by atoms with van der Waals surface area (Å²) in [6.07, 6.45) is 4.33. The van der Waals surface area contributed by atoms with Gasteiger partial charge in [-0.05, 0) is 12.3 Å². The lowest BCUT2D eigenvalue weighted by Gasteiger charge is -1.97. The van der Waals surface area contributed by atoms with Crippen LogP contribution in [0.15, 0.2) is 0 Å². The maximum atomic E-state index is 3.11. The molecule has 36 valence electrons. The molecule has 0 spiro atoms. The fourth-order valence-corrected chi connectivity index (χ4v) is 0.204. The lowest BCUT2D eigenvalue weighted by molar-refractivity contribution is 0.649. The largest absolute Gasteiger partial charge is 0.0651 e. The lowest BCUT2D eigenvalue weighted by atomic mass is 10.1. The quantitative estimate of drug-likeness (QED) is 0.481. The molecule has 0 heterocycles. The van der Waals surface area contributed by atoms with Gasteiger partial charge in [0, 0.05) is 0 Å². The first-order valence-corrected chi connectivity index (χ1v) is 2.48. The van der Waals surface area contributed by atoms with Crippen LogP contribution in [0.1, 0.15) is 27.2 Å². The molecular weight excluding hydrogens is 72.1 g/mol. The zero-order valence-corrected chi connectivity index (χ0v) is 4.78. The molecule has 0 bridgehead atoms. The van der Waals surface area contributed by atoms with Gasteiger partial charge in [0.25, 0.3) is 0 Å². The van der Waals surface area contributed by atoms with E-state index in [4.69, 9.17) is 0 Å². The highest BCUT2D eigenvalue weighted by Crippen LogP contribution is 2.01. The summed E-state index contributed by atoms with van der Waals surface area (Å²) in [5.41, 5.74) is 0. The average Bonchev–Trinajstić information content (AvgIpc) is 1.65. The summed E-state index contributed by atoms with van der Waals surface area (Å²) in [4.78, 5) is 0. The van der Waals surface area contributed by atoms with Gasteiger partial charge in [0.2, 0.25) is 0 Å². The van der Waals surface area contributed by atoms with Crippen molar-refractivity contribution in [3.05, 3.63) is 6.42 Å². The van der Waals surface area contributed by atoms with Gasteiger partial charge in [-0.25, -0.2) is 0 Å². The third-order valence-corrected chi connectivity index (χ3v) is 1.11. The van der Waals surface area contributed by atoms with E-state index in [1.54, 1.807) is 0 Å². The normalized spacial score (nSPS) is 10.0. The highest BCUT2D eigenvalue weighted by Gasteiger charge is 1.89. The molecule has 0 aliphatic carbocycles. The summed E-state index contributed by atoms with van der Waals surface area (Å²) in [5, 5.41) is 0. The number of hydrogen-bond donors (Lipinski definition) is 0. The van der Waals surface area contributed by atoms with Gasteiger partial charge in [-0.3, -0.25) is 0 Å². The van der Waals surface area contributed by atoms with Crippen LogP contribution in [0.25, 0.3) is 0 Å². The Labute approximate surface area is 40.6 Å². The molecule has 0 aliphatic rings. The van der Waals surface area contributed by atoms with E-state index >= 15 is 0 Å². The van der Waals surface area contributed by atoms with Gasteiger partial charge in [-0.1, -0.05) is 27.2 Å². The Balaban J connectivity index is 2.75. The molecule has 0 amide bonds. The Morgan fingerprint density at radius 3 is 2.17 bits per heavy atom. The van der Waals surface area contributed by atoms with Gasteiger partial charge in [-0.2, -0.15) is 0 Å². The van der Waals surface area contributed by atoms with Crippen LogP contribution in [-0.2, 0) is 0 Å². The second-order valence-corrected chi connectivity index (χ2v) is 1.60. The standard InChI is InChI=1S/C6H12/c1-4-6(3)5-2/h6H,4H2,1-3H3. The minimum absolute atomic E-state index is 0.685. The van der Waals surface area contributed by atoms with Crippen LogP contribution in [0.2, 0.25) is 0 Å². The monoisotopic (exact) mass is 84.1 g/mol. The molecule has 0 aromatic rings. The lowest BCUT2D eigenvalue weighted by Crippen LogP contribution is -1.86. The van der Waals surface area contributed by atoms with Crippen molar-refractivity contribution >= 4 is 0 Å². The Morgan fingerprint density at radius 1 is 1.67 bits per heavy atom. The molecule has 0 rings (SSSR count). The second-order valence-electron chi connectivity index (χ2n) is 1.60. The Hall–Kier alpha value is 0. The molecule has 0 saturated carbocycles. The first-order chi connectivity index (χ1) is 2.81. The molecule has 0 N–H and O–H groups in total. The summed E-state index contributed by atoms with van der Waals surface area (Å²) in [6, 6.07) is 0. The molecule has 1 atom stereocenters. The van der Waals surface area contributed by atoms with Crippen molar-refractivity contribution in [1.29, 1.82) is 0 Å². The minimum atomic E-state index is 0.685. The molecule has 0 aromatic carbocycles. The van der Waals surface area contributed by atoms with E-state index in [9.17, 15) is 0 Å². The fraction of sp³-hybridized carbons (Fsp3) is 0.833. The smallest absolute Gasteiger partial charge is 0.0176 e. The fourth-order valence-electron chi connectivity index (χ4n) is 0.204. The van der Waals surface area contributed by atoms with Crippen LogP contribution >= 0.6 is 0 Å². The summed E-state index contributed by atoms with van der Waals surface area (Å²) in [7, 11) is 0. The first-order valence-electron chi connectivity index (χ1n) is 2.48. The van der Waals surface area contributed by atoms with E-state index in [2.05, 4.69) is 20.3 Å². The predicted octanol–water partition coefficient (Wildman–Crippen LogP) is 2.13. The van der Waals surface area contributed by atoms with E-state index in [-0.39, 0.29) is 0 Å². The summed E-state index contributed by atoms with van der Waals surface area (Å²) >= 11 is 0. The van der Waals surface area contributed by atoms with Crippen LogP contribution < -0.4 is 0 Å². The predicted molar refractivity (Wildman–Crippen MR) is 28.4 cm³/mol. The van der Waals surface area contributed by atoms with Crippen LogP contribution in [0.3, 0.4) is 0 Å². The summed E-state index contributed by atoms with van der Waals surface area (Å²) in [6.45, 7) is 6.31. The van der Waals surface area contributed by atoms with Gasteiger partial charge in [0.1, 0.15) is 0 Å². The zero-order valence-electron chi connectivity index (χ0n) is 4.78. The van der Waals surface area contributed by atoms with Crippen molar-refractivity contribution in [3.63, 3.8) is 0 Å². The minimum Gasteiger partial charge on any atom is -0.0651 e. The van der Waals surface area contributed by atoms with Crippen molar-refractivity contribution in [2.45, 2.75) is 27.2 Å². The third kappa shape index (κ3) is 2.25. The van der Waals surface area contributed by atoms with E-state index in [1.165, 1.54) is 6.42 Å². The number of hydrogen-bond acceptors (Lipinski definition) is 0. The maximum Gasteiger partial charge on any atom is -0.0176 e. The van der Waals surface area contributed by atoms with Crippen molar-refractivity contribution < 1.29 is 0 Å². The summed E-state index contributed by atoms with van der Waals surface area (Å²) < 4.78 is 0. The maximum absolute atomic E-state index is 3.11. The SMILES string of the molecule is C[C]C(C)CC. The Morgan fingerprint density at radius 2 is 2.17 bits per heavy atom. The van der Waals surface area contributed by atoms with Gasteiger partial charge < -0.3 is 0 Å². The van der Waals surface area contributed by atoms with Crippen LogP contribution in [0, 0.1) is 12.3 Å². The van der Waals surface area contributed by atoms with Gasteiger partial charge in [0.05, 0.1) is 0 Å². The van der Waals surface area contributed by atoms with Crippen LogP contribution in [-0.4, -0.2) is 0 Å². The molecule has 0 nitrogen and oxygen atoms in total. The van der Waals surface area contributed by atoms with E-state index < -0.39 is 0 Å². The third-order valence-electron chi connectivity index (χ3n) is 1.11. The second kappa shape index (κ2) is 3.20. The number of rotatable bonds is 2. The molecule has 0 saturated heterocycles. The van der Waals surface area contributed by atoms with E-state index in [1.807, 2.05) is 6.92 Å². The van der Waals surface area contributed by atoms with Gasteiger partial charge in [0.15, 0.2) is 0 Å². The molecular formula is C6H12. The Kier molecular flexibility index (Phi) is 3.20. The highest BCUT2D eigenvalue weighted by molar-refractivity contribution is 4.62. The summed E-state index contributed by atoms with van der Waals surface area (Å²) in [5.74, 6) is 0.685. The molecule has 1 unspecified atom stereocenters. The van der Waals surface area contributed by atoms with Crippen LogP contribution in [0.5, 0.6) is 0 Å². The highest BCUT2D eigenvalue weighted by atomic mass is 13.9. The van der Waals surface area contributed by atoms with Gasteiger partial charge in [-0.15, -0.1) is 0 Å². The molecule has 0 aliphatic heterocycles. The van der Waals surface area contributed by atoms with Crippen molar-refractivity contribution in [1.82, 2.24) is 0 Å². The van der Waals surface area contributed by atoms with Crippen molar-refractivity contribution in [2.75, 3.05) is 0 Å². The zero-order chi connectivity index (χ0) is 4.99. The van der Waals surface area contributed by atoms with Crippen molar-refractivity contribution in [2.24, 2.45) is 5.92 Å². The average molecular weight is 84.2 g/mol. The molecule has 2 radical (unpaired) electrons. The molecule has 0 fully saturated rings. The molecule has 6 heavy (non-hydrogen) atoms. The Bertz CT molecular complexity index is 19.2. The topological polar surface area (TPSA) is 0 Å². The van der Waals surface area contributed by atoms with Gasteiger partial charge >= 0.3 is 0 Å². The van der Waals surface area contributed by atoms with Crippen LogP contribution in [0.4, 0.5) is 0 Å². The molecule has 0 heteroatoms. The van der Waals surface area contributed by atoms with E-state index in [0.717, 1.165) is 0 Å². The van der Waals surface area contributed by atoms with Crippen molar-refractivity contribution in [3.8, 4) is 0 Å². The molecule has 0 aromatic heterocycles.